The van der Waals surface area contributed by atoms with Gasteiger partial charge < -0.3 is 4.90 Å². The summed E-state index contributed by atoms with van der Waals surface area (Å²) in [5, 5.41) is 14.6. The van der Waals surface area contributed by atoms with Crippen molar-refractivity contribution in [1.82, 2.24) is 0 Å². The third-order valence-corrected chi connectivity index (χ3v) is 14.5. The number of para-hydroxylation sites is 1. The highest BCUT2D eigenvalue weighted by molar-refractivity contribution is 6.24. The number of benzene rings is 13. The first kappa shape index (κ1) is 41.9. The Bertz CT molecular complexity index is 4200. The molecule has 0 aliphatic heterocycles. The molecule has 0 saturated heterocycles. The van der Waals surface area contributed by atoms with Crippen LogP contribution in [-0.2, 0) is 0 Å². The zero-order valence-corrected chi connectivity index (χ0v) is 39.2. The molecule has 13 rings (SSSR count). The fourth-order valence-electron chi connectivity index (χ4n) is 11.2. The molecule has 0 amide bonds. The molecule has 1 heteroatoms. The summed E-state index contributed by atoms with van der Waals surface area (Å²) in [7, 11) is 0. The zero-order chi connectivity index (χ0) is 47.4. The molecular weight excluding hydrogens is 855 g/mol. The Morgan fingerprint density at radius 1 is 0.254 bits per heavy atom. The molecule has 71 heavy (non-hydrogen) atoms. The van der Waals surface area contributed by atoms with Gasteiger partial charge in [0, 0.05) is 22.1 Å². The maximum absolute atomic E-state index is 4.15. The Morgan fingerprint density at radius 3 is 1.20 bits per heavy atom. The van der Waals surface area contributed by atoms with Crippen molar-refractivity contribution in [2.75, 3.05) is 4.90 Å². The van der Waals surface area contributed by atoms with E-state index in [9.17, 15) is 0 Å². The van der Waals surface area contributed by atoms with Gasteiger partial charge in [0.1, 0.15) is 0 Å². The zero-order valence-electron chi connectivity index (χ0n) is 39.2. The number of nitrogens with zero attached hydrogens (tertiary/aromatic N) is 1. The molecule has 0 spiro atoms. The van der Waals surface area contributed by atoms with Crippen molar-refractivity contribution in [3.05, 3.63) is 273 Å². The Morgan fingerprint density at radius 2 is 0.648 bits per heavy atom. The monoisotopic (exact) mass is 901 g/mol. The van der Waals surface area contributed by atoms with E-state index in [0.717, 1.165) is 39.3 Å². The van der Waals surface area contributed by atoms with Gasteiger partial charge in [-0.15, -0.1) is 0 Å². The summed E-state index contributed by atoms with van der Waals surface area (Å²) in [4.78, 5) is 2.44. The number of rotatable bonds is 9. The summed E-state index contributed by atoms with van der Waals surface area (Å²) < 4.78 is 0. The Labute approximate surface area is 414 Å². The number of fused-ring (bicyclic) bond motifs is 6. The maximum Gasteiger partial charge on any atom is 0.0618 e. The Kier molecular flexibility index (Phi) is 10.2. The van der Waals surface area contributed by atoms with Gasteiger partial charge in [-0.2, -0.15) is 0 Å². The van der Waals surface area contributed by atoms with Crippen molar-refractivity contribution in [2.24, 2.45) is 0 Å². The lowest BCUT2D eigenvalue weighted by atomic mass is 9.84. The highest BCUT2D eigenvalue weighted by Gasteiger charge is 2.23. The van der Waals surface area contributed by atoms with E-state index in [4.69, 9.17) is 0 Å². The smallest absolute Gasteiger partial charge is 0.0618 e. The van der Waals surface area contributed by atoms with E-state index in [1.54, 1.807) is 0 Å². The number of anilines is 3. The molecule has 0 bridgehead atoms. The molecule has 0 radical (unpaired) electrons. The van der Waals surface area contributed by atoms with Gasteiger partial charge in [-0.05, 0) is 158 Å². The Balaban J connectivity index is 1.01. The lowest BCUT2D eigenvalue weighted by Crippen LogP contribution is -2.11. The summed E-state index contributed by atoms with van der Waals surface area (Å²) in [5.41, 5.74) is 15.1. The molecule has 1 nitrogen and oxygen atoms in total. The predicted octanol–water partition coefficient (Wildman–Crippen LogP) is 20.0. The van der Waals surface area contributed by atoms with Crippen LogP contribution in [0.15, 0.2) is 262 Å². The van der Waals surface area contributed by atoms with E-state index in [1.807, 2.05) is 12.2 Å². The van der Waals surface area contributed by atoms with Crippen LogP contribution in [0.25, 0.3) is 121 Å². The first-order valence-corrected chi connectivity index (χ1v) is 24.4. The van der Waals surface area contributed by atoms with Crippen LogP contribution in [0.1, 0.15) is 11.1 Å². The first-order valence-electron chi connectivity index (χ1n) is 24.4. The molecular formula is C70H47N. The van der Waals surface area contributed by atoms with Crippen LogP contribution in [0, 0.1) is 0 Å². The van der Waals surface area contributed by atoms with Crippen molar-refractivity contribution in [1.29, 1.82) is 0 Å². The second-order valence-corrected chi connectivity index (χ2v) is 18.5. The number of hydrogen-bond donors (Lipinski definition) is 0. The van der Waals surface area contributed by atoms with E-state index in [0.29, 0.717) is 0 Å². The second-order valence-electron chi connectivity index (χ2n) is 18.5. The van der Waals surface area contributed by atoms with E-state index in [-0.39, 0.29) is 0 Å². The summed E-state index contributed by atoms with van der Waals surface area (Å²) in [6.45, 7) is 8.21. The summed E-state index contributed by atoms with van der Waals surface area (Å²) >= 11 is 0. The quantitative estimate of drug-likeness (QED) is 0.131. The van der Waals surface area contributed by atoms with Gasteiger partial charge in [-0.25, -0.2) is 0 Å². The third-order valence-electron chi connectivity index (χ3n) is 14.5. The third kappa shape index (κ3) is 7.09. The molecule has 0 aromatic heterocycles. The maximum atomic E-state index is 4.15. The molecule has 0 N–H and O–H groups in total. The van der Waals surface area contributed by atoms with Crippen LogP contribution in [-0.4, -0.2) is 0 Å². The van der Waals surface area contributed by atoms with Gasteiger partial charge in [-0.1, -0.05) is 226 Å². The van der Waals surface area contributed by atoms with Gasteiger partial charge in [0.05, 0.1) is 5.69 Å². The average molecular weight is 902 g/mol. The van der Waals surface area contributed by atoms with Gasteiger partial charge >= 0.3 is 0 Å². The van der Waals surface area contributed by atoms with Crippen LogP contribution in [0.5, 0.6) is 0 Å². The summed E-state index contributed by atoms with van der Waals surface area (Å²) in [6, 6.07) is 91.5. The Hall–Kier alpha value is -9.30. The lowest BCUT2D eigenvalue weighted by Gasteiger charge is -2.29. The highest BCUT2D eigenvalue weighted by Crippen LogP contribution is 2.50. The van der Waals surface area contributed by atoms with Gasteiger partial charge in [0.25, 0.3) is 0 Å². The normalized spacial score (nSPS) is 11.5. The van der Waals surface area contributed by atoms with E-state index < -0.39 is 0 Å². The summed E-state index contributed by atoms with van der Waals surface area (Å²) in [6.07, 6.45) is 3.82. The van der Waals surface area contributed by atoms with Crippen molar-refractivity contribution >= 4 is 93.8 Å². The average Bonchev–Trinajstić information content (AvgIpc) is 3.44. The molecule has 0 fully saturated rings. The first-order chi connectivity index (χ1) is 35.1. The predicted molar refractivity (Wildman–Crippen MR) is 308 cm³/mol. The molecule has 332 valence electrons. The second kappa shape index (κ2) is 17.3. The minimum atomic E-state index is 1.07. The molecule has 0 atom stereocenters. The van der Waals surface area contributed by atoms with Crippen molar-refractivity contribution in [3.63, 3.8) is 0 Å². The molecule has 0 saturated carbocycles. The lowest BCUT2D eigenvalue weighted by molar-refractivity contribution is 1.31. The minimum Gasteiger partial charge on any atom is -0.309 e. The molecule has 13 aromatic rings. The van der Waals surface area contributed by atoms with Crippen molar-refractivity contribution < 1.29 is 0 Å². The van der Waals surface area contributed by atoms with Crippen molar-refractivity contribution in [3.8, 4) is 44.5 Å². The number of hydrogen-bond acceptors (Lipinski definition) is 1. The van der Waals surface area contributed by atoms with Crippen LogP contribution in [0.3, 0.4) is 0 Å². The molecule has 0 heterocycles. The van der Waals surface area contributed by atoms with E-state index in [1.165, 1.54) is 98.0 Å². The molecule has 13 aromatic carbocycles. The molecule has 0 aliphatic carbocycles. The van der Waals surface area contributed by atoms with E-state index in [2.05, 4.69) is 267 Å². The largest absolute Gasteiger partial charge is 0.309 e. The molecule has 0 unspecified atom stereocenters. The van der Waals surface area contributed by atoms with Crippen LogP contribution < -0.4 is 4.90 Å². The van der Waals surface area contributed by atoms with Crippen molar-refractivity contribution in [2.45, 2.75) is 0 Å². The van der Waals surface area contributed by atoms with Gasteiger partial charge in [0.2, 0.25) is 0 Å². The van der Waals surface area contributed by atoms with E-state index >= 15 is 0 Å². The van der Waals surface area contributed by atoms with Crippen LogP contribution in [0.4, 0.5) is 17.1 Å². The highest BCUT2D eigenvalue weighted by atomic mass is 15.1. The fourth-order valence-corrected chi connectivity index (χ4v) is 11.2. The van der Waals surface area contributed by atoms with Crippen LogP contribution in [0.2, 0.25) is 0 Å². The van der Waals surface area contributed by atoms with Crippen LogP contribution >= 0.6 is 0 Å². The molecule has 0 aliphatic rings. The van der Waals surface area contributed by atoms with Gasteiger partial charge in [0.15, 0.2) is 0 Å². The SMILES string of the molecule is C=Cc1ccc(-c2c3ccccc3c(N(c3ccccc3)c3ccc(-c4ccc5c(-c6ccc7ccccc7c6)c6ccccc6c(-c6ccc7ccccc7c6)c5c4)cc3)c3ccccc23)cc1C=C. The minimum absolute atomic E-state index is 1.07. The summed E-state index contributed by atoms with van der Waals surface area (Å²) in [5.74, 6) is 0. The standard InChI is InChI=1S/C70H47N/c1-3-46-30-33-54(42-47(46)4-2)68-61-26-14-16-28-64(61)70(65-29-17-15-27-62(65)68)71(57-22-6-5-7-23-57)58-39-36-50(37-40-58)53-38-41-63-66(45-53)69(56-35-32-49-19-9-11-21-52(49)44-56)60-25-13-12-24-59(60)67(63)55-34-31-48-18-8-10-20-51(48)43-55/h3-45H,1-2H2. The van der Waals surface area contributed by atoms with Gasteiger partial charge in [-0.3, -0.25) is 0 Å². The fraction of sp³-hybridized carbons (Fsp3) is 0. The topological polar surface area (TPSA) is 3.24 Å².